The van der Waals surface area contributed by atoms with Crippen LogP contribution in [0.4, 0.5) is 0 Å². The van der Waals surface area contributed by atoms with E-state index in [1.807, 2.05) is 0 Å². The first-order valence-corrected chi connectivity index (χ1v) is 5.17. The van der Waals surface area contributed by atoms with Crippen LogP contribution in [0.15, 0.2) is 23.1 Å². The van der Waals surface area contributed by atoms with Crippen LogP contribution in [0.2, 0.25) is 0 Å². The van der Waals surface area contributed by atoms with Crippen LogP contribution in [-0.2, 0) is 13.8 Å². The molecule has 0 N–H and O–H groups in total. The van der Waals surface area contributed by atoms with Crippen molar-refractivity contribution in [2.75, 3.05) is 0 Å². The molecule has 1 aliphatic carbocycles. The first kappa shape index (κ1) is 8.49. The molecule has 1 rings (SSSR count). The van der Waals surface area contributed by atoms with E-state index in [2.05, 4.69) is 0 Å². The normalized spacial score (nSPS) is 18.3. The van der Waals surface area contributed by atoms with E-state index >= 15 is 0 Å². The smallest absolute Gasteiger partial charge is 0.261 e. The van der Waals surface area contributed by atoms with E-state index in [-0.39, 0.29) is 17.1 Å². The molecule has 0 aliphatic heterocycles. The first-order valence-electron chi connectivity index (χ1n) is 2.86. The molecular formula is C6H5ClO3S. The molecule has 0 aromatic rings. The molecule has 0 bridgehead atoms. The van der Waals surface area contributed by atoms with Crippen LogP contribution in [0, 0.1) is 0 Å². The molecule has 0 unspecified atom stereocenters. The Labute approximate surface area is 68.8 Å². The Bertz CT molecular complexity index is 337. The highest BCUT2D eigenvalue weighted by Crippen LogP contribution is 2.17. The van der Waals surface area contributed by atoms with E-state index in [0.29, 0.717) is 0 Å². The number of carbonyl (C=O) groups excluding carboxylic acids is 1. The largest absolute Gasteiger partial charge is 0.295 e. The second kappa shape index (κ2) is 2.79. The van der Waals surface area contributed by atoms with E-state index < -0.39 is 9.05 Å². The van der Waals surface area contributed by atoms with Gasteiger partial charge in [0, 0.05) is 17.1 Å². The van der Waals surface area contributed by atoms with Gasteiger partial charge in [-0.15, -0.1) is 0 Å². The summed E-state index contributed by atoms with van der Waals surface area (Å²) in [6.45, 7) is 0. The summed E-state index contributed by atoms with van der Waals surface area (Å²) in [7, 11) is 1.35. The lowest BCUT2D eigenvalue weighted by atomic mass is 10.2. The van der Waals surface area contributed by atoms with E-state index in [1.165, 1.54) is 18.2 Å². The quantitative estimate of drug-likeness (QED) is 0.582. The van der Waals surface area contributed by atoms with Gasteiger partial charge in [-0.1, -0.05) is 6.08 Å². The number of hydrogen-bond acceptors (Lipinski definition) is 3. The van der Waals surface area contributed by atoms with Crippen LogP contribution in [0.5, 0.6) is 0 Å². The maximum atomic E-state index is 10.6. The fourth-order valence-electron chi connectivity index (χ4n) is 0.693. The lowest BCUT2D eigenvalue weighted by molar-refractivity contribution is -0.113. The van der Waals surface area contributed by atoms with Crippen LogP contribution >= 0.6 is 10.7 Å². The van der Waals surface area contributed by atoms with Crippen LogP contribution in [-0.4, -0.2) is 14.2 Å². The minimum absolute atomic E-state index is 0.00114. The van der Waals surface area contributed by atoms with E-state index in [9.17, 15) is 13.2 Å². The monoisotopic (exact) mass is 192 g/mol. The minimum atomic E-state index is -3.65. The van der Waals surface area contributed by atoms with E-state index in [1.54, 1.807) is 0 Å². The molecule has 0 saturated heterocycles. The number of allylic oxidation sites excluding steroid dienone is 3. The Morgan fingerprint density at radius 1 is 1.36 bits per heavy atom. The van der Waals surface area contributed by atoms with Crippen LogP contribution < -0.4 is 0 Å². The Balaban J connectivity index is 2.97. The summed E-state index contributed by atoms with van der Waals surface area (Å²) in [5.41, 5.74) is 0. The molecule has 0 spiro atoms. The van der Waals surface area contributed by atoms with Crippen LogP contribution in [0.1, 0.15) is 6.42 Å². The van der Waals surface area contributed by atoms with Gasteiger partial charge in [-0.05, 0) is 12.2 Å². The average Bonchev–Trinajstić information content (AvgIpc) is 1.86. The fourth-order valence-corrected chi connectivity index (χ4v) is 1.55. The van der Waals surface area contributed by atoms with Gasteiger partial charge in [-0.25, -0.2) is 8.42 Å². The molecule has 0 fully saturated rings. The minimum Gasteiger partial charge on any atom is -0.295 e. The van der Waals surface area contributed by atoms with Gasteiger partial charge in [0.2, 0.25) is 0 Å². The molecule has 0 amide bonds. The molecule has 3 nitrogen and oxygen atoms in total. The predicted octanol–water partition coefficient (Wildman–Crippen LogP) is 0.968. The van der Waals surface area contributed by atoms with E-state index in [0.717, 1.165) is 0 Å². The molecule has 0 aromatic heterocycles. The number of halogens is 1. The third-order valence-electron chi connectivity index (χ3n) is 1.22. The van der Waals surface area contributed by atoms with Gasteiger partial charge in [0.15, 0.2) is 5.78 Å². The lowest BCUT2D eigenvalue weighted by Crippen LogP contribution is -2.00. The molecule has 5 heteroatoms. The Morgan fingerprint density at radius 2 is 2.00 bits per heavy atom. The molecule has 1 aliphatic rings. The SMILES string of the molecule is O=C1C=CC(S(=O)(=O)Cl)=CC1. The number of ketones is 1. The summed E-state index contributed by atoms with van der Waals surface area (Å²) >= 11 is 0. The highest BCUT2D eigenvalue weighted by molar-refractivity contribution is 8.17. The Kier molecular flexibility index (Phi) is 2.15. The predicted molar refractivity (Wildman–Crippen MR) is 41.6 cm³/mol. The van der Waals surface area contributed by atoms with Gasteiger partial charge in [0.1, 0.15) is 0 Å². The van der Waals surface area contributed by atoms with Gasteiger partial charge in [-0.2, -0.15) is 0 Å². The standard InChI is InChI=1S/C6H5ClO3S/c7-11(9,10)6-3-1-5(8)2-4-6/h1,3-4H,2H2. The topological polar surface area (TPSA) is 51.2 Å². The van der Waals surface area contributed by atoms with Crippen molar-refractivity contribution in [1.82, 2.24) is 0 Å². The second-order valence-corrected chi connectivity index (χ2v) is 4.61. The number of carbonyl (C=O) groups is 1. The van der Waals surface area contributed by atoms with Gasteiger partial charge >= 0.3 is 0 Å². The summed E-state index contributed by atoms with van der Waals surface area (Å²) in [6, 6.07) is 0. The molecule has 0 atom stereocenters. The zero-order chi connectivity index (χ0) is 8.48. The highest BCUT2D eigenvalue weighted by atomic mass is 35.7. The fraction of sp³-hybridized carbons (Fsp3) is 0.167. The van der Waals surface area contributed by atoms with Crippen molar-refractivity contribution in [3.63, 3.8) is 0 Å². The van der Waals surface area contributed by atoms with Crippen molar-refractivity contribution in [3.05, 3.63) is 23.1 Å². The molecule has 0 radical (unpaired) electrons. The van der Waals surface area contributed by atoms with Gasteiger partial charge in [-0.3, -0.25) is 4.79 Å². The first-order chi connectivity index (χ1) is 5.00. The van der Waals surface area contributed by atoms with Gasteiger partial charge in [0.25, 0.3) is 9.05 Å². The third-order valence-corrected chi connectivity index (χ3v) is 2.62. The van der Waals surface area contributed by atoms with Crippen LogP contribution in [0.25, 0.3) is 0 Å². The molecule has 60 valence electrons. The molecule has 0 saturated carbocycles. The van der Waals surface area contributed by atoms with Crippen molar-refractivity contribution < 1.29 is 13.2 Å². The zero-order valence-corrected chi connectivity index (χ0v) is 7.02. The van der Waals surface area contributed by atoms with Crippen molar-refractivity contribution in [1.29, 1.82) is 0 Å². The summed E-state index contributed by atoms with van der Waals surface area (Å²) in [5.74, 6) is -0.117. The number of hydrogen-bond donors (Lipinski definition) is 0. The van der Waals surface area contributed by atoms with Crippen molar-refractivity contribution >= 4 is 25.5 Å². The van der Waals surface area contributed by atoms with Crippen molar-refractivity contribution in [2.45, 2.75) is 6.42 Å². The third kappa shape index (κ3) is 2.17. The second-order valence-electron chi connectivity index (χ2n) is 2.05. The summed E-state index contributed by atoms with van der Waals surface area (Å²) in [5, 5.41) is 0. The maximum absolute atomic E-state index is 10.6. The highest BCUT2D eigenvalue weighted by Gasteiger charge is 2.14. The number of rotatable bonds is 1. The van der Waals surface area contributed by atoms with Gasteiger partial charge in [0.05, 0.1) is 4.91 Å². The van der Waals surface area contributed by atoms with Gasteiger partial charge < -0.3 is 0 Å². The molecule has 0 heterocycles. The molecular weight excluding hydrogens is 188 g/mol. The molecule has 0 aromatic carbocycles. The Morgan fingerprint density at radius 3 is 2.36 bits per heavy atom. The summed E-state index contributed by atoms with van der Waals surface area (Å²) < 4.78 is 21.3. The van der Waals surface area contributed by atoms with Crippen molar-refractivity contribution in [3.8, 4) is 0 Å². The lowest BCUT2D eigenvalue weighted by Gasteiger charge is -2.00. The van der Waals surface area contributed by atoms with Crippen LogP contribution in [0.3, 0.4) is 0 Å². The van der Waals surface area contributed by atoms with Crippen molar-refractivity contribution in [2.24, 2.45) is 0 Å². The van der Waals surface area contributed by atoms with E-state index in [4.69, 9.17) is 10.7 Å². The summed E-state index contributed by atoms with van der Waals surface area (Å²) in [4.78, 5) is 10.6. The average molecular weight is 193 g/mol. The maximum Gasteiger partial charge on any atom is 0.261 e. The molecule has 11 heavy (non-hydrogen) atoms. The Hall–Kier alpha value is -0.610. The summed E-state index contributed by atoms with van der Waals surface area (Å²) in [6.07, 6.45) is 3.81. The zero-order valence-electron chi connectivity index (χ0n) is 5.45.